The Morgan fingerprint density at radius 3 is 2.59 bits per heavy atom. The van der Waals surface area contributed by atoms with Crippen LogP contribution >= 0.6 is 15.9 Å². The van der Waals surface area contributed by atoms with Crippen molar-refractivity contribution in [2.45, 2.75) is 25.5 Å². The molecule has 0 radical (unpaired) electrons. The summed E-state index contributed by atoms with van der Waals surface area (Å²) in [4.78, 5) is 21.3. The first-order chi connectivity index (χ1) is 14.0. The van der Waals surface area contributed by atoms with Crippen molar-refractivity contribution in [1.82, 2.24) is 9.88 Å². The largest absolute Gasteiger partial charge is 0.494 e. The number of aliphatic hydroxyl groups is 1. The third kappa shape index (κ3) is 4.58. The number of H-pyrrole nitrogens is 1. The number of aromatic amines is 1. The van der Waals surface area contributed by atoms with Gasteiger partial charge >= 0.3 is 0 Å². The monoisotopic (exact) mass is 455 g/mol. The number of nitrogens with one attached hydrogen (secondary N) is 1. The fraction of sp³-hybridized carbons (Fsp3) is 0.273. The molecule has 1 aliphatic heterocycles. The van der Waals surface area contributed by atoms with E-state index in [1.165, 1.54) is 5.56 Å². The Morgan fingerprint density at radius 1 is 1.14 bits per heavy atom. The number of likely N-dealkylation sites (tertiary alicyclic amines) is 1. The van der Waals surface area contributed by atoms with Crippen LogP contribution in [0.3, 0.4) is 0 Å². The maximum atomic E-state index is 12.1. The number of benzene rings is 2. The van der Waals surface area contributed by atoms with E-state index in [0.717, 1.165) is 42.6 Å². The molecule has 2 heterocycles. The Bertz CT molecular complexity index is 1100. The van der Waals surface area contributed by atoms with E-state index in [1.807, 2.05) is 24.3 Å². The fourth-order valence-electron chi connectivity index (χ4n) is 3.60. The number of hydrogen-bond acceptors (Lipinski definition) is 5. The molecule has 0 atom stereocenters. The molecule has 0 amide bonds. The molecule has 2 aromatic carbocycles. The van der Waals surface area contributed by atoms with Gasteiger partial charge in [-0.15, -0.1) is 0 Å². The van der Waals surface area contributed by atoms with E-state index in [-0.39, 0.29) is 17.5 Å². The molecule has 3 N–H and O–H groups in total. The second-order valence-corrected chi connectivity index (χ2v) is 8.25. The number of hydrogen-bond donors (Lipinski definition) is 3. The van der Waals surface area contributed by atoms with Crippen LogP contribution in [-0.4, -0.2) is 45.5 Å². The predicted octanol–water partition coefficient (Wildman–Crippen LogP) is 3.70. The molecule has 0 saturated carbocycles. The smallest absolute Gasteiger partial charge is 0.258 e. The van der Waals surface area contributed by atoms with Crippen LogP contribution in [0.15, 0.2) is 56.7 Å². The zero-order valence-corrected chi connectivity index (χ0v) is 17.4. The average molecular weight is 456 g/mol. The third-order valence-corrected chi connectivity index (χ3v) is 5.74. The first kappa shape index (κ1) is 19.8. The molecule has 0 spiro atoms. The first-order valence-corrected chi connectivity index (χ1v) is 10.4. The number of rotatable bonds is 4. The summed E-state index contributed by atoms with van der Waals surface area (Å²) in [6.07, 6.45) is 3.06. The van der Waals surface area contributed by atoms with Gasteiger partial charge in [0.2, 0.25) is 5.88 Å². The van der Waals surface area contributed by atoms with Crippen molar-refractivity contribution < 1.29 is 10.2 Å². The second-order valence-electron chi connectivity index (χ2n) is 7.34. The minimum absolute atomic E-state index is 0.163. The molecular weight excluding hydrogens is 434 g/mol. The van der Waals surface area contributed by atoms with Crippen LogP contribution < -0.4 is 5.56 Å². The summed E-state index contributed by atoms with van der Waals surface area (Å²) in [7, 11) is 0. The lowest BCUT2D eigenvalue weighted by Crippen LogP contribution is -2.35. The third-order valence-electron chi connectivity index (χ3n) is 5.25. The molecule has 1 saturated heterocycles. The molecule has 6 nitrogen and oxygen atoms in total. The van der Waals surface area contributed by atoms with Gasteiger partial charge in [0.25, 0.3) is 5.56 Å². The normalized spacial score (nSPS) is 16.1. The number of aliphatic imine (C=N–C) groups is 1. The van der Waals surface area contributed by atoms with E-state index < -0.39 is 0 Å². The van der Waals surface area contributed by atoms with Crippen LogP contribution in [0, 0.1) is 0 Å². The molecule has 1 fully saturated rings. The maximum absolute atomic E-state index is 12.1. The Morgan fingerprint density at radius 2 is 1.86 bits per heavy atom. The van der Waals surface area contributed by atoms with Crippen LogP contribution in [0.4, 0.5) is 5.69 Å². The molecule has 29 heavy (non-hydrogen) atoms. The number of aromatic nitrogens is 1. The zero-order chi connectivity index (χ0) is 20.4. The summed E-state index contributed by atoms with van der Waals surface area (Å²) in [6.45, 7) is 2.68. The van der Waals surface area contributed by atoms with Crippen LogP contribution in [0.2, 0.25) is 0 Å². The molecule has 7 heteroatoms. The molecule has 0 bridgehead atoms. The number of halogens is 1. The number of aliphatic hydroxyl groups excluding tert-OH is 1. The van der Waals surface area contributed by atoms with Gasteiger partial charge in [0, 0.05) is 41.1 Å². The quantitative estimate of drug-likeness (QED) is 0.523. The van der Waals surface area contributed by atoms with Gasteiger partial charge in [-0.1, -0.05) is 28.1 Å². The van der Waals surface area contributed by atoms with Crippen molar-refractivity contribution in [2.24, 2.45) is 4.99 Å². The molecule has 0 unspecified atom stereocenters. The highest BCUT2D eigenvalue weighted by atomic mass is 79.9. The van der Waals surface area contributed by atoms with Crippen molar-refractivity contribution in [2.75, 3.05) is 13.1 Å². The Kier molecular flexibility index (Phi) is 5.80. The molecular formula is C22H22BrN3O3. The fourth-order valence-corrected chi connectivity index (χ4v) is 3.96. The lowest BCUT2D eigenvalue weighted by molar-refractivity contribution is 0.0792. The molecule has 1 aromatic heterocycles. The molecule has 150 valence electrons. The van der Waals surface area contributed by atoms with Crippen LogP contribution in [0.25, 0.3) is 10.8 Å². The maximum Gasteiger partial charge on any atom is 0.258 e. The van der Waals surface area contributed by atoms with Gasteiger partial charge in [-0.05, 0) is 48.7 Å². The van der Waals surface area contributed by atoms with Gasteiger partial charge in [0.05, 0.1) is 17.4 Å². The number of fused-ring (bicyclic) bond motifs is 1. The van der Waals surface area contributed by atoms with E-state index in [9.17, 15) is 15.0 Å². The zero-order valence-electron chi connectivity index (χ0n) is 15.8. The van der Waals surface area contributed by atoms with Gasteiger partial charge in [-0.3, -0.25) is 19.7 Å². The van der Waals surface area contributed by atoms with E-state index in [1.54, 1.807) is 24.4 Å². The van der Waals surface area contributed by atoms with E-state index in [4.69, 9.17) is 0 Å². The number of aromatic hydroxyl groups is 1. The summed E-state index contributed by atoms with van der Waals surface area (Å²) < 4.78 is 0.819. The molecule has 3 aromatic rings. The lowest BCUT2D eigenvalue weighted by Gasteiger charge is -2.29. The Hall–Kier alpha value is -2.48. The van der Waals surface area contributed by atoms with Gasteiger partial charge in [-0.2, -0.15) is 0 Å². The summed E-state index contributed by atoms with van der Waals surface area (Å²) in [5.41, 5.74) is 2.09. The molecule has 4 rings (SSSR count). The minimum Gasteiger partial charge on any atom is -0.494 e. The van der Waals surface area contributed by atoms with Crippen molar-refractivity contribution in [3.8, 4) is 5.88 Å². The Labute approximate surface area is 176 Å². The molecule has 0 aliphatic carbocycles. The van der Waals surface area contributed by atoms with Gasteiger partial charge in [0.15, 0.2) is 0 Å². The van der Waals surface area contributed by atoms with Crippen molar-refractivity contribution in [1.29, 1.82) is 0 Å². The van der Waals surface area contributed by atoms with E-state index >= 15 is 0 Å². The summed E-state index contributed by atoms with van der Waals surface area (Å²) in [6, 6.07) is 13.3. The van der Waals surface area contributed by atoms with E-state index in [0.29, 0.717) is 16.3 Å². The second kappa shape index (κ2) is 8.49. The van der Waals surface area contributed by atoms with Crippen molar-refractivity contribution >= 4 is 38.6 Å². The predicted molar refractivity (Wildman–Crippen MR) is 118 cm³/mol. The first-order valence-electron chi connectivity index (χ1n) is 9.57. The summed E-state index contributed by atoms with van der Waals surface area (Å²) >= 11 is 3.41. The van der Waals surface area contributed by atoms with E-state index in [2.05, 4.69) is 30.8 Å². The van der Waals surface area contributed by atoms with Gasteiger partial charge in [0.1, 0.15) is 0 Å². The number of piperidine rings is 1. The highest BCUT2D eigenvalue weighted by Gasteiger charge is 2.16. The molecule has 1 aliphatic rings. The average Bonchev–Trinajstić information content (AvgIpc) is 2.70. The van der Waals surface area contributed by atoms with Crippen LogP contribution in [-0.2, 0) is 6.54 Å². The summed E-state index contributed by atoms with van der Waals surface area (Å²) in [5, 5.41) is 21.0. The van der Waals surface area contributed by atoms with Crippen molar-refractivity contribution in [3.63, 3.8) is 0 Å². The van der Waals surface area contributed by atoms with Crippen LogP contribution in [0.5, 0.6) is 5.88 Å². The van der Waals surface area contributed by atoms with Crippen molar-refractivity contribution in [3.05, 3.63) is 68.4 Å². The SMILES string of the molecule is O=c1[nH]c(O)c(C=Nc2ccc(CN3CCC(O)CC3)cc2)c2cc(Br)ccc12. The minimum atomic E-state index is -0.336. The van der Waals surface area contributed by atoms with Crippen LogP contribution in [0.1, 0.15) is 24.0 Å². The van der Waals surface area contributed by atoms with Gasteiger partial charge < -0.3 is 10.2 Å². The number of pyridine rings is 1. The topological polar surface area (TPSA) is 88.9 Å². The lowest BCUT2D eigenvalue weighted by atomic mass is 10.1. The van der Waals surface area contributed by atoms with Gasteiger partial charge in [-0.25, -0.2) is 0 Å². The Balaban J connectivity index is 1.54. The summed E-state index contributed by atoms with van der Waals surface area (Å²) in [5.74, 6) is -0.201. The highest BCUT2D eigenvalue weighted by molar-refractivity contribution is 9.10. The highest BCUT2D eigenvalue weighted by Crippen LogP contribution is 2.25. The number of nitrogens with zero attached hydrogens (tertiary/aromatic N) is 2. The standard InChI is InChI=1S/C22H22BrN3O3/c23-15-3-6-18-19(11-15)20(22(29)25-21(18)28)12-24-16-4-1-14(2-5-16)13-26-9-7-17(27)8-10-26/h1-6,11-12,17,27H,7-10,13H2,(H2,25,28,29).